The summed E-state index contributed by atoms with van der Waals surface area (Å²) < 4.78 is 26.1. The highest BCUT2D eigenvalue weighted by Crippen LogP contribution is 2.33. The zero-order chi connectivity index (χ0) is 13.8. The molecule has 0 radical (unpaired) electrons. The van der Waals surface area contributed by atoms with Crippen molar-refractivity contribution in [3.05, 3.63) is 35.4 Å². The number of hydrogen-bond acceptors (Lipinski definition) is 1. The molecule has 0 saturated heterocycles. The number of rotatable bonds is 4. The summed E-state index contributed by atoms with van der Waals surface area (Å²) in [6, 6.07) is 4.15. The van der Waals surface area contributed by atoms with E-state index in [1.807, 2.05) is 0 Å². The highest BCUT2D eigenvalue weighted by Gasteiger charge is 2.25. The Hall–Kier alpha value is -0.960. The fourth-order valence-electron chi connectivity index (χ4n) is 3.20. The van der Waals surface area contributed by atoms with Crippen molar-refractivity contribution in [2.75, 3.05) is 0 Å². The van der Waals surface area contributed by atoms with Crippen LogP contribution in [0.2, 0.25) is 0 Å². The third-order valence-corrected chi connectivity index (χ3v) is 4.46. The Balaban J connectivity index is 1.96. The molecule has 1 fully saturated rings. The van der Waals surface area contributed by atoms with Gasteiger partial charge < -0.3 is 5.73 Å². The molecule has 2 rings (SSSR count). The molecule has 1 aliphatic carbocycles. The third kappa shape index (κ3) is 3.75. The van der Waals surface area contributed by atoms with Crippen molar-refractivity contribution in [2.45, 2.75) is 51.5 Å². The van der Waals surface area contributed by atoms with Crippen LogP contribution in [0.25, 0.3) is 0 Å². The van der Waals surface area contributed by atoms with Crippen LogP contribution in [0.5, 0.6) is 0 Å². The minimum Gasteiger partial charge on any atom is -0.327 e. The average molecular weight is 267 g/mol. The van der Waals surface area contributed by atoms with Crippen LogP contribution in [0.15, 0.2) is 18.2 Å². The van der Waals surface area contributed by atoms with E-state index in [2.05, 4.69) is 6.92 Å². The quantitative estimate of drug-likeness (QED) is 0.875. The van der Waals surface area contributed by atoms with Crippen LogP contribution >= 0.6 is 0 Å². The lowest BCUT2D eigenvalue weighted by atomic mass is 9.76. The number of nitrogens with two attached hydrogens (primary N) is 1. The SMILES string of the molecule is CCC1CCCC(C(N)Cc2ccc(F)c(F)c2)C1. The number of benzene rings is 1. The van der Waals surface area contributed by atoms with Gasteiger partial charge in [-0.3, -0.25) is 0 Å². The van der Waals surface area contributed by atoms with E-state index in [9.17, 15) is 8.78 Å². The van der Waals surface area contributed by atoms with Crippen molar-refractivity contribution in [3.8, 4) is 0 Å². The van der Waals surface area contributed by atoms with Gasteiger partial charge in [0.25, 0.3) is 0 Å². The second-order valence-corrected chi connectivity index (χ2v) is 5.82. The van der Waals surface area contributed by atoms with E-state index in [0.717, 1.165) is 11.5 Å². The summed E-state index contributed by atoms with van der Waals surface area (Å²) in [5.74, 6) is -0.262. The van der Waals surface area contributed by atoms with Gasteiger partial charge >= 0.3 is 0 Å². The van der Waals surface area contributed by atoms with Gasteiger partial charge in [0.2, 0.25) is 0 Å². The molecule has 0 aromatic heterocycles. The molecule has 0 spiro atoms. The molecular weight excluding hydrogens is 244 g/mol. The molecular formula is C16H23F2N. The fourth-order valence-corrected chi connectivity index (χ4v) is 3.20. The van der Waals surface area contributed by atoms with E-state index in [1.165, 1.54) is 44.2 Å². The summed E-state index contributed by atoms with van der Waals surface area (Å²) in [5.41, 5.74) is 7.07. The lowest BCUT2D eigenvalue weighted by molar-refractivity contribution is 0.228. The first-order chi connectivity index (χ1) is 9.10. The van der Waals surface area contributed by atoms with E-state index >= 15 is 0 Å². The molecule has 19 heavy (non-hydrogen) atoms. The molecule has 3 unspecified atom stereocenters. The van der Waals surface area contributed by atoms with Crippen molar-refractivity contribution >= 4 is 0 Å². The second-order valence-electron chi connectivity index (χ2n) is 5.82. The standard InChI is InChI=1S/C16H23F2N/c1-2-11-4-3-5-13(8-11)16(19)10-12-6-7-14(17)15(18)9-12/h6-7,9,11,13,16H,2-5,8,10,19H2,1H3. The molecule has 2 N–H and O–H groups in total. The summed E-state index contributed by atoms with van der Waals surface area (Å²) in [4.78, 5) is 0. The van der Waals surface area contributed by atoms with Gasteiger partial charge in [0.1, 0.15) is 0 Å². The van der Waals surface area contributed by atoms with Gasteiger partial charge in [-0.05, 0) is 48.8 Å². The summed E-state index contributed by atoms with van der Waals surface area (Å²) in [6.07, 6.45) is 6.76. The Labute approximate surface area is 114 Å². The Morgan fingerprint density at radius 3 is 2.74 bits per heavy atom. The average Bonchev–Trinajstić information content (AvgIpc) is 2.43. The molecule has 1 saturated carbocycles. The van der Waals surface area contributed by atoms with E-state index in [4.69, 9.17) is 5.73 Å². The summed E-state index contributed by atoms with van der Waals surface area (Å²) in [7, 11) is 0. The maximum absolute atomic E-state index is 13.2. The van der Waals surface area contributed by atoms with Gasteiger partial charge in [0, 0.05) is 6.04 Å². The van der Waals surface area contributed by atoms with Crippen LogP contribution in [-0.2, 0) is 6.42 Å². The Morgan fingerprint density at radius 2 is 2.05 bits per heavy atom. The second kappa shape index (κ2) is 6.47. The van der Waals surface area contributed by atoms with Crippen molar-refractivity contribution < 1.29 is 8.78 Å². The first kappa shape index (κ1) is 14.4. The van der Waals surface area contributed by atoms with Gasteiger partial charge in [-0.15, -0.1) is 0 Å². The molecule has 1 aromatic rings. The van der Waals surface area contributed by atoms with E-state index < -0.39 is 11.6 Å². The van der Waals surface area contributed by atoms with Crippen molar-refractivity contribution in [3.63, 3.8) is 0 Å². The van der Waals surface area contributed by atoms with Crippen LogP contribution in [-0.4, -0.2) is 6.04 Å². The predicted octanol–water partition coefficient (Wildman–Crippen LogP) is 4.05. The topological polar surface area (TPSA) is 26.0 Å². The van der Waals surface area contributed by atoms with Gasteiger partial charge in [0.05, 0.1) is 0 Å². The molecule has 1 nitrogen and oxygen atoms in total. The predicted molar refractivity (Wildman–Crippen MR) is 73.8 cm³/mol. The first-order valence-electron chi connectivity index (χ1n) is 7.29. The summed E-state index contributed by atoms with van der Waals surface area (Å²) in [5, 5.41) is 0. The van der Waals surface area contributed by atoms with Gasteiger partial charge in [-0.1, -0.05) is 32.3 Å². The van der Waals surface area contributed by atoms with E-state index in [-0.39, 0.29) is 6.04 Å². The normalized spacial score (nSPS) is 25.3. The Bertz CT molecular complexity index is 419. The largest absolute Gasteiger partial charge is 0.327 e. The number of halogens is 2. The summed E-state index contributed by atoms with van der Waals surface area (Å²) in [6.45, 7) is 2.23. The lowest BCUT2D eigenvalue weighted by Gasteiger charge is -2.32. The minimum absolute atomic E-state index is 0.0548. The molecule has 1 aromatic carbocycles. The highest BCUT2D eigenvalue weighted by atomic mass is 19.2. The van der Waals surface area contributed by atoms with Crippen molar-refractivity contribution in [1.82, 2.24) is 0 Å². The molecule has 0 heterocycles. The van der Waals surface area contributed by atoms with E-state index in [1.54, 1.807) is 6.07 Å². The van der Waals surface area contributed by atoms with Crippen LogP contribution < -0.4 is 5.73 Å². The smallest absolute Gasteiger partial charge is 0.159 e. The summed E-state index contributed by atoms with van der Waals surface area (Å²) >= 11 is 0. The molecule has 3 heteroatoms. The molecule has 0 amide bonds. The number of hydrogen-bond donors (Lipinski definition) is 1. The molecule has 0 aliphatic heterocycles. The molecule has 3 atom stereocenters. The van der Waals surface area contributed by atoms with E-state index in [0.29, 0.717) is 12.3 Å². The van der Waals surface area contributed by atoms with Crippen LogP contribution in [0, 0.1) is 23.5 Å². The molecule has 0 bridgehead atoms. The first-order valence-corrected chi connectivity index (χ1v) is 7.29. The maximum Gasteiger partial charge on any atom is 0.159 e. The van der Waals surface area contributed by atoms with Gasteiger partial charge in [-0.25, -0.2) is 8.78 Å². The lowest BCUT2D eigenvalue weighted by Crippen LogP contribution is -2.35. The van der Waals surface area contributed by atoms with Crippen LogP contribution in [0.3, 0.4) is 0 Å². The van der Waals surface area contributed by atoms with Crippen molar-refractivity contribution in [2.24, 2.45) is 17.6 Å². The Morgan fingerprint density at radius 1 is 1.26 bits per heavy atom. The fraction of sp³-hybridized carbons (Fsp3) is 0.625. The zero-order valence-electron chi connectivity index (χ0n) is 11.5. The monoisotopic (exact) mass is 267 g/mol. The van der Waals surface area contributed by atoms with Gasteiger partial charge in [0.15, 0.2) is 11.6 Å². The third-order valence-electron chi connectivity index (χ3n) is 4.46. The highest BCUT2D eigenvalue weighted by molar-refractivity contribution is 5.19. The van der Waals surface area contributed by atoms with Gasteiger partial charge in [-0.2, -0.15) is 0 Å². The minimum atomic E-state index is -0.791. The van der Waals surface area contributed by atoms with Crippen molar-refractivity contribution in [1.29, 1.82) is 0 Å². The molecule has 106 valence electrons. The maximum atomic E-state index is 13.2. The Kier molecular flexibility index (Phi) is 4.92. The molecule has 1 aliphatic rings. The van der Waals surface area contributed by atoms with Crippen LogP contribution in [0.4, 0.5) is 8.78 Å². The zero-order valence-corrected chi connectivity index (χ0v) is 11.5. The van der Waals surface area contributed by atoms with Crippen LogP contribution in [0.1, 0.15) is 44.6 Å².